The Balaban J connectivity index is 3.72. The van der Waals surface area contributed by atoms with E-state index in [0.717, 1.165) is 6.21 Å². The van der Waals surface area contributed by atoms with Gasteiger partial charge in [0.1, 0.15) is 6.21 Å². The van der Waals surface area contributed by atoms with Gasteiger partial charge in [0.25, 0.3) is 0 Å². The number of esters is 1. The molecule has 0 heterocycles. The van der Waals surface area contributed by atoms with Gasteiger partial charge in [0, 0.05) is 0 Å². The number of rotatable bonds is 4. The van der Waals surface area contributed by atoms with E-state index in [1.807, 2.05) is 0 Å². The lowest BCUT2D eigenvalue weighted by Gasteiger charge is -1.99. The SMILES string of the molecule is CCOC(=O)C=NN(N)C=O. The third-order valence-electron chi connectivity index (χ3n) is 0.691. The van der Waals surface area contributed by atoms with E-state index in [2.05, 4.69) is 9.84 Å². The lowest BCUT2D eigenvalue weighted by atomic mass is 10.7. The number of carbonyl (C=O) groups excluding carboxylic acids is 2. The molecule has 0 aromatic rings. The van der Waals surface area contributed by atoms with E-state index in [4.69, 9.17) is 5.84 Å². The van der Waals surface area contributed by atoms with Crippen molar-refractivity contribution in [1.29, 1.82) is 0 Å². The summed E-state index contributed by atoms with van der Waals surface area (Å²) in [6.45, 7) is 1.92. The van der Waals surface area contributed by atoms with E-state index >= 15 is 0 Å². The van der Waals surface area contributed by atoms with Crippen LogP contribution in [0.25, 0.3) is 0 Å². The van der Waals surface area contributed by atoms with E-state index in [1.165, 1.54) is 0 Å². The predicted molar refractivity (Wildman–Crippen MR) is 37.2 cm³/mol. The highest BCUT2D eigenvalue weighted by Crippen LogP contribution is 1.74. The van der Waals surface area contributed by atoms with Gasteiger partial charge in [-0.25, -0.2) is 10.6 Å². The van der Waals surface area contributed by atoms with E-state index in [1.54, 1.807) is 6.92 Å². The third kappa shape index (κ3) is 5.04. The first-order valence-electron chi connectivity index (χ1n) is 2.90. The first-order valence-corrected chi connectivity index (χ1v) is 2.90. The summed E-state index contributed by atoms with van der Waals surface area (Å²) in [6.07, 6.45) is 1.08. The summed E-state index contributed by atoms with van der Waals surface area (Å²) in [5.41, 5.74) is 0. The van der Waals surface area contributed by atoms with Crippen molar-refractivity contribution < 1.29 is 14.3 Å². The number of nitrogens with two attached hydrogens (primary N) is 1. The van der Waals surface area contributed by atoms with E-state index in [9.17, 15) is 9.59 Å². The van der Waals surface area contributed by atoms with Crippen molar-refractivity contribution in [3.8, 4) is 0 Å². The Bertz CT molecular complexity index is 168. The standard InChI is InChI=1S/C5H9N3O3/c1-2-11-5(10)3-7-8(6)4-9/h3-4H,2,6H2,1H3. The van der Waals surface area contributed by atoms with Crippen LogP contribution < -0.4 is 5.84 Å². The first kappa shape index (κ1) is 9.57. The van der Waals surface area contributed by atoms with Crippen molar-refractivity contribution in [1.82, 2.24) is 5.12 Å². The van der Waals surface area contributed by atoms with Gasteiger partial charge in [0.15, 0.2) is 0 Å². The van der Waals surface area contributed by atoms with Gasteiger partial charge in [-0.3, -0.25) is 4.79 Å². The Morgan fingerprint density at radius 1 is 1.82 bits per heavy atom. The maximum absolute atomic E-state index is 10.5. The van der Waals surface area contributed by atoms with Gasteiger partial charge in [-0.15, -0.1) is 0 Å². The summed E-state index contributed by atoms with van der Waals surface area (Å²) in [5.74, 6) is 4.24. The second-order valence-electron chi connectivity index (χ2n) is 1.48. The van der Waals surface area contributed by atoms with Crippen LogP contribution in [0, 0.1) is 0 Å². The van der Waals surface area contributed by atoms with E-state index in [-0.39, 0.29) is 13.0 Å². The van der Waals surface area contributed by atoms with Crippen LogP contribution >= 0.6 is 0 Å². The zero-order chi connectivity index (χ0) is 8.69. The average Bonchev–Trinajstić information content (AvgIpc) is 2.01. The first-order chi connectivity index (χ1) is 5.20. The largest absolute Gasteiger partial charge is 0.462 e. The molecule has 0 fully saturated rings. The maximum Gasteiger partial charge on any atom is 0.351 e. The normalized spacial score (nSPS) is 9.64. The van der Waals surface area contributed by atoms with Crippen LogP contribution in [0.4, 0.5) is 0 Å². The highest BCUT2D eigenvalue weighted by molar-refractivity contribution is 6.23. The summed E-state index contributed by atoms with van der Waals surface area (Å²) >= 11 is 0. The van der Waals surface area contributed by atoms with Crippen LogP contribution in [0.2, 0.25) is 0 Å². The molecule has 0 aliphatic carbocycles. The van der Waals surface area contributed by atoms with Crippen molar-refractivity contribution >= 4 is 18.6 Å². The number of hydrazine groups is 1. The number of carbonyl (C=O) groups is 2. The Morgan fingerprint density at radius 3 is 2.91 bits per heavy atom. The number of hydrogen-bond acceptors (Lipinski definition) is 5. The maximum atomic E-state index is 10.5. The second-order valence-corrected chi connectivity index (χ2v) is 1.48. The fraction of sp³-hybridized carbons (Fsp3) is 0.400. The van der Waals surface area contributed by atoms with Gasteiger partial charge in [-0.2, -0.15) is 10.2 Å². The van der Waals surface area contributed by atoms with Crippen LogP contribution in [0.1, 0.15) is 6.92 Å². The summed E-state index contributed by atoms with van der Waals surface area (Å²) < 4.78 is 4.45. The Labute approximate surface area is 63.6 Å². The molecule has 0 spiro atoms. The van der Waals surface area contributed by atoms with Crippen molar-refractivity contribution in [3.05, 3.63) is 0 Å². The molecule has 0 saturated carbocycles. The van der Waals surface area contributed by atoms with Crippen LogP contribution in [-0.2, 0) is 14.3 Å². The molecular weight excluding hydrogens is 150 g/mol. The fourth-order valence-electron chi connectivity index (χ4n) is 0.321. The summed E-state index contributed by atoms with van der Waals surface area (Å²) in [5, 5.41) is 3.67. The Kier molecular flexibility index (Phi) is 4.67. The van der Waals surface area contributed by atoms with Crippen LogP contribution in [0.3, 0.4) is 0 Å². The van der Waals surface area contributed by atoms with Crippen LogP contribution in [0.15, 0.2) is 5.10 Å². The van der Waals surface area contributed by atoms with E-state index in [0.29, 0.717) is 5.12 Å². The highest BCUT2D eigenvalue weighted by Gasteiger charge is 1.94. The molecule has 0 aliphatic heterocycles. The van der Waals surface area contributed by atoms with Gasteiger partial charge in [0.05, 0.1) is 6.61 Å². The molecule has 2 N–H and O–H groups in total. The van der Waals surface area contributed by atoms with Gasteiger partial charge < -0.3 is 4.74 Å². The lowest BCUT2D eigenvalue weighted by Crippen LogP contribution is -2.24. The van der Waals surface area contributed by atoms with Gasteiger partial charge in [-0.05, 0) is 6.92 Å². The molecule has 0 atom stereocenters. The number of nitrogens with zero attached hydrogens (tertiary/aromatic N) is 2. The molecule has 0 bridgehead atoms. The molecule has 6 nitrogen and oxygen atoms in total. The Hall–Kier alpha value is -1.43. The van der Waals surface area contributed by atoms with Crippen LogP contribution in [0.5, 0.6) is 0 Å². The minimum atomic E-state index is -0.634. The molecule has 1 amide bonds. The third-order valence-corrected chi connectivity index (χ3v) is 0.691. The molecule has 0 aromatic heterocycles. The number of ether oxygens (including phenoxy) is 1. The second kappa shape index (κ2) is 5.36. The number of hydrazone groups is 1. The van der Waals surface area contributed by atoms with Crippen molar-refractivity contribution in [2.45, 2.75) is 6.92 Å². The van der Waals surface area contributed by atoms with Crippen molar-refractivity contribution in [2.75, 3.05) is 6.61 Å². The summed E-state index contributed by atoms with van der Waals surface area (Å²) in [7, 11) is 0. The lowest BCUT2D eigenvalue weighted by molar-refractivity contribution is -0.134. The average molecular weight is 159 g/mol. The van der Waals surface area contributed by atoms with E-state index < -0.39 is 5.97 Å². The molecule has 11 heavy (non-hydrogen) atoms. The molecule has 0 unspecified atom stereocenters. The van der Waals surface area contributed by atoms with Crippen molar-refractivity contribution in [2.24, 2.45) is 10.9 Å². The molecule has 0 radical (unpaired) electrons. The zero-order valence-corrected chi connectivity index (χ0v) is 6.06. The molecule has 0 aromatic carbocycles. The highest BCUT2D eigenvalue weighted by atomic mass is 16.5. The number of hydrogen-bond donors (Lipinski definition) is 1. The van der Waals surface area contributed by atoms with Gasteiger partial charge in [0.2, 0.25) is 6.41 Å². The molecule has 0 saturated heterocycles. The zero-order valence-electron chi connectivity index (χ0n) is 6.06. The minimum Gasteiger partial charge on any atom is -0.462 e. The van der Waals surface area contributed by atoms with Gasteiger partial charge in [-0.1, -0.05) is 0 Å². The van der Waals surface area contributed by atoms with Crippen LogP contribution in [-0.4, -0.2) is 30.3 Å². The number of amides is 1. The molecule has 0 rings (SSSR count). The summed E-state index contributed by atoms with van der Waals surface area (Å²) in [4.78, 5) is 20.3. The quantitative estimate of drug-likeness (QED) is 0.140. The topological polar surface area (TPSA) is 85.0 Å². The Morgan fingerprint density at radius 2 is 2.45 bits per heavy atom. The molecular formula is C5H9N3O3. The van der Waals surface area contributed by atoms with Gasteiger partial charge >= 0.3 is 5.97 Å². The monoisotopic (exact) mass is 159 g/mol. The molecule has 0 aliphatic rings. The minimum absolute atomic E-state index is 0.260. The van der Waals surface area contributed by atoms with Crippen molar-refractivity contribution in [3.63, 3.8) is 0 Å². The predicted octanol–water partition coefficient (Wildman–Crippen LogP) is -1.13. The summed E-state index contributed by atoms with van der Waals surface area (Å²) in [6, 6.07) is 0. The fourth-order valence-corrected chi connectivity index (χ4v) is 0.321. The smallest absolute Gasteiger partial charge is 0.351 e. The molecule has 6 heteroatoms. The molecule has 62 valence electrons.